The van der Waals surface area contributed by atoms with Gasteiger partial charge in [-0.2, -0.15) is 0 Å². The molecule has 0 saturated heterocycles. The van der Waals surface area contributed by atoms with E-state index in [1.165, 1.54) is 7.11 Å². The molecule has 1 aromatic carbocycles. The standard InChI is InChI=1S/C14H19ClO4/c1-17-12-6-4-10(9-13(12)18-2)8-11(15)5-7-14(16)19-3/h4,6,9,11H,5,7-8H2,1-3H3/t11-/m0/s1. The predicted octanol–water partition coefficient (Wildman–Crippen LogP) is 2.81. The van der Waals surface area contributed by atoms with Gasteiger partial charge < -0.3 is 14.2 Å². The number of hydrogen-bond acceptors (Lipinski definition) is 4. The molecule has 0 N–H and O–H groups in total. The molecule has 106 valence electrons. The highest BCUT2D eigenvalue weighted by atomic mass is 35.5. The average Bonchev–Trinajstić information content (AvgIpc) is 2.44. The van der Waals surface area contributed by atoms with E-state index in [2.05, 4.69) is 4.74 Å². The van der Waals surface area contributed by atoms with E-state index in [1.807, 2.05) is 18.2 Å². The van der Waals surface area contributed by atoms with E-state index in [-0.39, 0.29) is 11.3 Å². The van der Waals surface area contributed by atoms with Gasteiger partial charge in [-0.3, -0.25) is 4.79 Å². The lowest BCUT2D eigenvalue weighted by Gasteiger charge is -2.12. The van der Waals surface area contributed by atoms with Crippen molar-refractivity contribution in [3.05, 3.63) is 23.8 Å². The Hall–Kier alpha value is -1.42. The molecular weight excluding hydrogens is 268 g/mol. The van der Waals surface area contributed by atoms with Crippen LogP contribution < -0.4 is 9.47 Å². The van der Waals surface area contributed by atoms with Crippen LogP contribution in [0.25, 0.3) is 0 Å². The minimum Gasteiger partial charge on any atom is -0.493 e. The van der Waals surface area contributed by atoms with Gasteiger partial charge in [-0.15, -0.1) is 11.6 Å². The van der Waals surface area contributed by atoms with Gasteiger partial charge in [0.2, 0.25) is 0 Å². The van der Waals surface area contributed by atoms with E-state index in [0.29, 0.717) is 30.8 Å². The fourth-order valence-corrected chi connectivity index (χ4v) is 2.03. The Morgan fingerprint density at radius 1 is 1.21 bits per heavy atom. The molecule has 0 amide bonds. The summed E-state index contributed by atoms with van der Waals surface area (Å²) in [4.78, 5) is 11.0. The fourth-order valence-electron chi connectivity index (χ4n) is 1.74. The lowest BCUT2D eigenvalue weighted by molar-refractivity contribution is -0.140. The summed E-state index contributed by atoms with van der Waals surface area (Å²) in [6.45, 7) is 0. The Balaban J connectivity index is 2.59. The van der Waals surface area contributed by atoms with Crippen molar-refractivity contribution in [2.24, 2.45) is 0 Å². The highest BCUT2D eigenvalue weighted by Crippen LogP contribution is 2.28. The second-order valence-electron chi connectivity index (χ2n) is 4.11. The lowest BCUT2D eigenvalue weighted by atomic mass is 10.1. The van der Waals surface area contributed by atoms with Gasteiger partial charge >= 0.3 is 5.97 Å². The monoisotopic (exact) mass is 286 g/mol. The van der Waals surface area contributed by atoms with Crippen molar-refractivity contribution >= 4 is 17.6 Å². The Morgan fingerprint density at radius 3 is 2.47 bits per heavy atom. The van der Waals surface area contributed by atoms with Crippen molar-refractivity contribution in [3.8, 4) is 11.5 Å². The van der Waals surface area contributed by atoms with Crippen LogP contribution >= 0.6 is 11.6 Å². The molecule has 0 heterocycles. The summed E-state index contributed by atoms with van der Waals surface area (Å²) in [6.07, 6.45) is 1.58. The summed E-state index contributed by atoms with van der Waals surface area (Å²) in [5.74, 6) is 1.13. The zero-order chi connectivity index (χ0) is 14.3. The summed E-state index contributed by atoms with van der Waals surface area (Å²) in [5.41, 5.74) is 1.04. The molecule has 19 heavy (non-hydrogen) atoms. The van der Waals surface area contributed by atoms with Crippen LogP contribution in [0.3, 0.4) is 0 Å². The number of benzene rings is 1. The molecule has 0 aliphatic heterocycles. The van der Waals surface area contributed by atoms with Gasteiger partial charge in [0.05, 0.1) is 21.3 Å². The van der Waals surface area contributed by atoms with Crippen molar-refractivity contribution in [1.82, 2.24) is 0 Å². The topological polar surface area (TPSA) is 44.8 Å². The van der Waals surface area contributed by atoms with Crippen LogP contribution in [0.1, 0.15) is 18.4 Å². The molecule has 0 unspecified atom stereocenters. The first-order chi connectivity index (χ1) is 9.10. The number of halogens is 1. The van der Waals surface area contributed by atoms with Crippen molar-refractivity contribution < 1.29 is 19.0 Å². The second kappa shape index (κ2) is 7.89. The first-order valence-corrected chi connectivity index (χ1v) is 6.46. The zero-order valence-electron chi connectivity index (χ0n) is 11.4. The van der Waals surface area contributed by atoms with Crippen LogP contribution in [0.4, 0.5) is 0 Å². The van der Waals surface area contributed by atoms with E-state index in [9.17, 15) is 4.79 Å². The molecule has 1 rings (SSSR count). The van der Waals surface area contributed by atoms with Gasteiger partial charge in [0.15, 0.2) is 11.5 Å². The summed E-state index contributed by atoms with van der Waals surface area (Å²) in [7, 11) is 4.56. The first kappa shape index (κ1) is 15.6. The normalized spacial score (nSPS) is 11.8. The zero-order valence-corrected chi connectivity index (χ0v) is 12.2. The Labute approximate surface area is 118 Å². The molecule has 0 aliphatic carbocycles. The van der Waals surface area contributed by atoms with Crippen molar-refractivity contribution in [1.29, 1.82) is 0 Å². The minimum absolute atomic E-state index is 0.114. The third-order valence-corrected chi connectivity index (χ3v) is 3.17. The second-order valence-corrected chi connectivity index (χ2v) is 4.72. The maximum atomic E-state index is 11.0. The molecule has 0 radical (unpaired) electrons. The highest BCUT2D eigenvalue weighted by molar-refractivity contribution is 6.20. The van der Waals surface area contributed by atoms with E-state index in [0.717, 1.165) is 5.56 Å². The maximum absolute atomic E-state index is 11.0. The third-order valence-electron chi connectivity index (χ3n) is 2.79. The van der Waals surface area contributed by atoms with Crippen LogP contribution in [-0.4, -0.2) is 32.7 Å². The molecule has 0 aliphatic rings. The average molecular weight is 287 g/mol. The Kier molecular flexibility index (Phi) is 6.50. The van der Waals surface area contributed by atoms with Crippen LogP contribution in [0, 0.1) is 0 Å². The smallest absolute Gasteiger partial charge is 0.305 e. The summed E-state index contributed by atoms with van der Waals surface area (Å²) in [5, 5.41) is -0.114. The van der Waals surface area contributed by atoms with Crippen LogP contribution in [0.15, 0.2) is 18.2 Å². The first-order valence-electron chi connectivity index (χ1n) is 6.02. The number of carbonyl (C=O) groups excluding carboxylic acids is 1. The molecule has 1 aromatic rings. The van der Waals surface area contributed by atoms with Crippen LogP contribution in [0.5, 0.6) is 11.5 Å². The highest BCUT2D eigenvalue weighted by Gasteiger charge is 2.11. The van der Waals surface area contributed by atoms with E-state index in [1.54, 1.807) is 14.2 Å². The van der Waals surface area contributed by atoms with Crippen molar-refractivity contribution in [3.63, 3.8) is 0 Å². The van der Waals surface area contributed by atoms with Gasteiger partial charge in [0, 0.05) is 11.8 Å². The predicted molar refractivity (Wildman–Crippen MR) is 74.1 cm³/mol. The molecule has 5 heteroatoms. The summed E-state index contributed by atoms with van der Waals surface area (Å²) >= 11 is 6.21. The van der Waals surface area contributed by atoms with Crippen LogP contribution in [-0.2, 0) is 16.0 Å². The van der Waals surface area contributed by atoms with Gasteiger partial charge in [0.25, 0.3) is 0 Å². The maximum Gasteiger partial charge on any atom is 0.305 e. The Morgan fingerprint density at radius 2 is 1.89 bits per heavy atom. The molecule has 0 saturated carbocycles. The largest absolute Gasteiger partial charge is 0.493 e. The molecule has 0 aromatic heterocycles. The number of ether oxygens (including phenoxy) is 3. The SMILES string of the molecule is COC(=O)CC[C@H](Cl)Cc1ccc(OC)c(OC)c1. The van der Waals surface area contributed by atoms with Gasteiger partial charge in [-0.05, 0) is 30.5 Å². The fraction of sp³-hybridized carbons (Fsp3) is 0.500. The molecule has 4 nitrogen and oxygen atoms in total. The number of alkyl halides is 1. The molecule has 0 fully saturated rings. The third kappa shape index (κ3) is 4.99. The minimum atomic E-state index is -0.238. The molecular formula is C14H19ClO4. The quantitative estimate of drug-likeness (QED) is 0.571. The van der Waals surface area contributed by atoms with Gasteiger partial charge in [-0.25, -0.2) is 0 Å². The van der Waals surface area contributed by atoms with Crippen LogP contribution in [0.2, 0.25) is 0 Å². The number of hydrogen-bond donors (Lipinski definition) is 0. The van der Waals surface area contributed by atoms with Gasteiger partial charge in [0.1, 0.15) is 0 Å². The molecule has 1 atom stereocenters. The number of methoxy groups -OCH3 is 3. The van der Waals surface area contributed by atoms with Gasteiger partial charge in [-0.1, -0.05) is 6.07 Å². The lowest BCUT2D eigenvalue weighted by Crippen LogP contribution is -2.08. The summed E-state index contributed by atoms with van der Waals surface area (Å²) < 4.78 is 15.0. The molecule has 0 bridgehead atoms. The number of carbonyl (C=O) groups is 1. The number of rotatable bonds is 7. The van der Waals surface area contributed by atoms with E-state index < -0.39 is 0 Å². The van der Waals surface area contributed by atoms with Crippen molar-refractivity contribution in [2.45, 2.75) is 24.6 Å². The van der Waals surface area contributed by atoms with E-state index in [4.69, 9.17) is 21.1 Å². The summed E-state index contributed by atoms with van der Waals surface area (Å²) in [6, 6.07) is 5.68. The van der Waals surface area contributed by atoms with Crippen molar-refractivity contribution in [2.75, 3.05) is 21.3 Å². The van der Waals surface area contributed by atoms with E-state index >= 15 is 0 Å². The molecule has 0 spiro atoms. The number of esters is 1. The Bertz CT molecular complexity index is 420.